The molecule has 1 N–H and O–H groups in total. The summed E-state index contributed by atoms with van der Waals surface area (Å²) in [6.07, 6.45) is 1.03. The van der Waals surface area contributed by atoms with Crippen LogP contribution in [-0.2, 0) is 20.7 Å². The number of amides is 1. The van der Waals surface area contributed by atoms with Gasteiger partial charge in [0.25, 0.3) is 5.91 Å². The van der Waals surface area contributed by atoms with Crippen LogP contribution < -0.4 is 5.32 Å². The Balaban J connectivity index is 1.44. The van der Waals surface area contributed by atoms with E-state index in [-0.39, 0.29) is 18.4 Å². The molecule has 0 spiro atoms. The lowest BCUT2D eigenvalue weighted by atomic mass is 10.1. The minimum atomic E-state index is -0.945. The molecule has 3 aromatic rings. The van der Waals surface area contributed by atoms with Crippen molar-refractivity contribution in [2.75, 3.05) is 0 Å². The summed E-state index contributed by atoms with van der Waals surface area (Å²) < 4.78 is 5.58. The van der Waals surface area contributed by atoms with Crippen LogP contribution in [0.3, 0.4) is 0 Å². The number of carbonyl (C=O) groups excluding carboxylic acids is 2. The second-order valence-electron chi connectivity index (χ2n) is 7.25. The Bertz CT molecular complexity index is 1010. The van der Waals surface area contributed by atoms with E-state index in [2.05, 4.69) is 16.4 Å². The summed E-state index contributed by atoms with van der Waals surface area (Å²) in [6, 6.07) is 17.4. The van der Waals surface area contributed by atoms with Crippen molar-refractivity contribution in [3.8, 4) is 10.6 Å². The van der Waals surface area contributed by atoms with Crippen LogP contribution in [-0.4, -0.2) is 22.9 Å². The highest BCUT2D eigenvalue weighted by atomic mass is 32.1. The van der Waals surface area contributed by atoms with Crippen molar-refractivity contribution in [3.63, 3.8) is 0 Å². The van der Waals surface area contributed by atoms with Crippen LogP contribution in [0.2, 0.25) is 0 Å². The molecule has 1 heterocycles. The molecule has 29 heavy (non-hydrogen) atoms. The molecule has 1 saturated carbocycles. The van der Waals surface area contributed by atoms with Gasteiger partial charge in [0.05, 0.1) is 12.1 Å². The summed E-state index contributed by atoms with van der Waals surface area (Å²) in [4.78, 5) is 29.7. The number of nitrogens with one attached hydrogen (secondary N) is 1. The van der Waals surface area contributed by atoms with Gasteiger partial charge >= 0.3 is 5.97 Å². The fourth-order valence-corrected chi connectivity index (χ4v) is 3.84. The molecule has 0 bridgehead atoms. The highest BCUT2D eigenvalue weighted by molar-refractivity contribution is 7.13. The van der Waals surface area contributed by atoms with Crippen LogP contribution in [0.5, 0.6) is 0 Å². The number of hydrogen-bond acceptors (Lipinski definition) is 5. The smallest absolute Gasteiger partial charge is 0.313 e. The van der Waals surface area contributed by atoms with Crippen LogP contribution in [0.25, 0.3) is 10.6 Å². The average Bonchev–Trinajstić information content (AvgIpc) is 3.41. The normalized spacial score (nSPS) is 14.2. The first-order valence-electron chi connectivity index (χ1n) is 9.65. The largest absolute Gasteiger partial charge is 0.447 e. The third-order valence-corrected chi connectivity index (χ3v) is 5.60. The first-order chi connectivity index (χ1) is 14.1. The van der Waals surface area contributed by atoms with Crippen molar-refractivity contribution >= 4 is 23.2 Å². The number of nitrogens with zero attached hydrogens (tertiary/aromatic N) is 1. The van der Waals surface area contributed by atoms with Gasteiger partial charge in [-0.2, -0.15) is 0 Å². The fourth-order valence-electron chi connectivity index (χ4n) is 3.03. The molecule has 1 aliphatic rings. The van der Waals surface area contributed by atoms with Crippen LogP contribution in [0.15, 0.2) is 60.0 Å². The molecule has 1 amide bonds. The van der Waals surface area contributed by atoms with E-state index in [1.165, 1.54) is 11.3 Å². The Morgan fingerprint density at radius 3 is 2.69 bits per heavy atom. The standard InChI is InChI=1S/C23H22N2O3S/c1-15-6-5-9-17(12-15)23-25-19(14-29-23)13-20(26)28-21(16-7-3-2-4-8-16)22(27)24-18-10-11-18/h2-9,12,14,18,21H,10-11,13H2,1H3,(H,24,27)/t21-/m1/s1. The van der Waals surface area contributed by atoms with E-state index >= 15 is 0 Å². The number of benzene rings is 2. The first kappa shape index (κ1) is 19.3. The number of thiazole rings is 1. The monoisotopic (exact) mass is 406 g/mol. The molecular weight excluding hydrogens is 384 g/mol. The van der Waals surface area contributed by atoms with Crippen molar-refractivity contribution in [2.24, 2.45) is 0 Å². The maximum Gasteiger partial charge on any atom is 0.313 e. The minimum absolute atomic E-state index is 0.0301. The number of aryl methyl sites for hydroxylation is 1. The zero-order valence-electron chi connectivity index (χ0n) is 16.1. The lowest BCUT2D eigenvalue weighted by Gasteiger charge is -2.17. The van der Waals surface area contributed by atoms with Crippen molar-refractivity contribution in [1.29, 1.82) is 0 Å². The van der Waals surface area contributed by atoms with E-state index in [1.54, 1.807) is 12.1 Å². The molecule has 148 valence electrons. The maximum atomic E-state index is 12.6. The van der Waals surface area contributed by atoms with Crippen molar-refractivity contribution in [2.45, 2.75) is 38.3 Å². The highest BCUT2D eigenvalue weighted by Crippen LogP contribution is 2.26. The third-order valence-electron chi connectivity index (χ3n) is 4.66. The van der Waals surface area contributed by atoms with Crippen molar-refractivity contribution in [3.05, 3.63) is 76.8 Å². The number of carbonyl (C=O) groups is 2. The quantitative estimate of drug-likeness (QED) is 0.597. The Morgan fingerprint density at radius 1 is 1.17 bits per heavy atom. The number of hydrogen-bond donors (Lipinski definition) is 1. The Hall–Kier alpha value is -2.99. The molecule has 1 atom stereocenters. The lowest BCUT2D eigenvalue weighted by molar-refractivity contribution is -0.156. The molecule has 1 aromatic heterocycles. The lowest BCUT2D eigenvalue weighted by Crippen LogP contribution is -2.33. The van der Waals surface area contributed by atoms with Crippen LogP contribution in [0.4, 0.5) is 0 Å². The molecule has 1 aliphatic carbocycles. The predicted octanol–water partition coefficient (Wildman–Crippen LogP) is 4.22. The average molecular weight is 407 g/mol. The zero-order chi connectivity index (χ0) is 20.2. The Kier molecular flexibility index (Phi) is 5.71. The Morgan fingerprint density at radius 2 is 1.97 bits per heavy atom. The zero-order valence-corrected chi connectivity index (χ0v) is 16.9. The summed E-state index contributed by atoms with van der Waals surface area (Å²) >= 11 is 1.49. The minimum Gasteiger partial charge on any atom is -0.447 e. The van der Waals surface area contributed by atoms with Gasteiger partial charge in [0.1, 0.15) is 5.01 Å². The van der Waals surface area contributed by atoms with Gasteiger partial charge in [-0.05, 0) is 25.8 Å². The van der Waals surface area contributed by atoms with Gasteiger partial charge in [-0.3, -0.25) is 9.59 Å². The second kappa shape index (κ2) is 8.57. The van der Waals surface area contributed by atoms with Crippen LogP contribution >= 0.6 is 11.3 Å². The molecular formula is C23H22N2O3S. The van der Waals surface area contributed by atoms with Gasteiger partial charge in [0, 0.05) is 22.5 Å². The van der Waals surface area contributed by atoms with Gasteiger partial charge in [-0.1, -0.05) is 54.1 Å². The molecule has 0 saturated heterocycles. The number of ether oxygens (including phenoxy) is 1. The number of rotatable bonds is 7. The first-order valence-corrected chi connectivity index (χ1v) is 10.5. The Labute approximate surface area is 173 Å². The molecule has 6 heteroatoms. The molecule has 0 aliphatic heterocycles. The summed E-state index contributed by atoms with van der Waals surface area (Å²) in [5, 5.41) is 5.65. The molecule has 1 fully saturated rings. The number of esters is 1. The van der Waals surface area contributed by atoms with Crippen molar-refractivity contribution in [1.82, 2.24) is 10.3 Å². The molecule has 0 radical (unpaired) electrons. The highest BCUT2D eigenvalue weighted by Gasteiger charge is 2.30. The molecule has 4 rings (SSSR count). The van der Waals surface area contributed by atoms with E-state index in [9.17, 15) is 9.59 Å². The molecule has 2 aromatic carbocycles. The molecule has 5 nitrogen and oxygen atoms in total. The molecule has 0 unspecified atom stereocenters. The van der Waals surface area contributed by atoms with E-state index < -0.39 is 12.1 Å². The topological polar surface area (TPSA) is 68.3 Å². The SMILES string of the molecule is Cc1cccc(-c2nc(CC(=O)O[C@@H](C(=O)NC3CC3)c3ccccc3)cs2)c1. The number of aromatic nitrogens is 1. The summed E-state index contributed by atoms with van der Waals surface area (Å²) in [6.45, 7) is 2.03. The van der Waals surface area contributed by atoms with E-state index in [4.69, 9.17) is 4.74 Å². The van der Waals surface area contributed by atoms with Crippen LogP contribution in [0, 0.1) is 6.92 Å². The van der Waals surface area contributed by atoms with Gasteiger partial charge in [-0.15, -0.1) is 11.3 Å². The van der Waals surface area contributed by atoms with E-state index in [1.807, 2.05) is 48.7 Å². The maximum absolute atomic E-state index is 12.6. The van der Waals surface area contributed by atoms with Gasteiger partial charge in [0.15, 0.2) is 0 Å². The van der Waals surface area contributed by atoms with Gasteiger partial charge in [-0.25, -0.2) is 4.98 Å². The summed E-state index contributed by atoms with van der Waals surface area (Å²) in [7, 11) is 0. The van der Waals surface area contributed by atoms with Crippen LogP contribution in [0.1, 0.15) is 35.8 Å². The predicted molar refractivity (Wildman–Crippen MR) is 112 cm³/mol. The fraction of sp³-hybridized carbons (Fsp3) is 0.261. The van der Waals surface area contributed by atoms with Crippen molar-refractivity contribution < 1.29 is 14.3 Å². The third kappa shape index (κ3) is 5.09. The van der Waals surface area contributed by atoms with Gasteiger partial charge < -0.3 is 10.1 Å². The van der Waals surface area contributed by atoms with E-state index in [0.717, 1.165) is 29.0 Å². The summed E-state index contributed by atoms with van der Waals surface area (Å²) in [5.74, 6) is -0.739. The second-order valence-corrected chi connectivity index (χ2v) is 8.11. The summed E-state index contributed by atoms with van der Waals surface area (Å²) in [5.41, 5.74) is 3.50. The van der Waals surface area contributed by atoms with Gasteiger partial charge in [0.2, 0.25) is 6.10 Å². The van der Waals surface area contributed by atoms with E-state index in [0.29, 0.717) is 11.3 Å².